The SMILES string of the molecule is CC(=O)OCC(C)Oc1ccc(C(=N)NC(=O)OC(C)(C)C)c(ON)c1. The van der Waals surface area contributed by atoms with E-state index in [-0.39, 0.29) is 23.8 Å². The molecule has 1 amide bonds. The highest BCUT2D eigenvalue weighted by molar-refractivity contribution is 6.06. The van der Waals surface area contributed by atoms with E-state index in [1.165, 1.54) is 19.1 Å². The third kappa shape index (κ3) is 7.39. The van der Waals surface area contributed by atoms with Gasteiger partial charge in [0.25, 0.3) is 0 Å². The first-order chi connectivity index (χ1) is 12.0. The number of esters is 1. The molecule has 0 bridgehead atoms. The maximum absolute atomic E-state index is 11.8. The van der Waals surface area contributed by atoms with Crippen molar-refractivity contribution < 1.29 is 28.6 Å². The van der Waals surface area contributed by atoms with Gasteiger partial charge in [0.2, 0.25) is 0 Å². The summed E-state index contributed by atoms with van der Waals surface area (Å²) in [5.74, 6) is 5.15. The Balaban J connectivity index is 2.80. The van der Waals surface area contributed by atoms with Gasteiger partial charge in [-0.25, -0.2) is 4.79 Å². The number of carbonyl (C=O) groups excluding carboxylic acids is 2. The highest BCUT2D eigenvalue weighted by Crippen LogP contribution is 2.25. The molecule has 1 aromatic rings. The number of amides is 1. The van der Waals surface area contributed by atoms with Gasteiger partial charge >= 0.3 is 12.1 Å². The lowest BCUT2D eigenvalue weighted by Crippen LogP contribution is -2.36. The fraction of sp³-hybridized carbons (Fsp3) is 0.471. The van der Waals surface area contributed by atoms with Crippen LogP contribution in [0.2, 0.25) is 0 Å². The largest absolute Gasteiger partial charge is 0.487 e. The minimum atomic E-state index is -0.763. The molecule has 0 heterocycles. The van der Waals surface area contributed by atoms with Crippen LogP contribution in [0.1, 0.15) is 40.2 Å². The van der Waals surface area contributed by atoms with Gasteiger partial charge < -0.3 is 19.0 Å². The van der Waals surface area contributed by atoms with Crippen LogP contribution in [0.3, 0.4) is 0 Å². The summed E-state index contributed by atoms with van der Waals surface area (Å²) in [7, 11) is 0. The number of amidine groups is 1. The molecular weight excluding hydrogens is 342 g/mol. The number of nitrogens with one attached hydrogen (secondary N) is 2. The Labute approximate surface area is 152 Å². The van der Waals surface area contributed by atoms with E-state index in [0.717, 1.165) is 0 Å². The first-order valence-corrected chi connectivity index (χ1v) is 7.91. The summed E-state index contributed by atoms with van der Waals surface area (Å²) >= 11 is 0. The van der Waals surface area contributed by atoms with Crippen LogP contribution in [0.25, 0.3) is 0 Å². The molecule has 0 fully saturated rings. The van der Waals surface area contributed by atoms with Gasteiger partial charge in [-0.15, -0.1) is 0 Å². The van der Waals surface area contributed by atoms with Crippen molar-refractivity contribution in [1.29, 1.82) is 5.41 Å². The van der Waals surface area contributed by atoms with Crippen LogP contribution >= 0.6 is 0 Å². The predicted molar refractivity (Wildman–Crippen MR) is 94.2 cm³/mol. The van der Waals surface area contributed by atoms with Crippen molar-refractivity contribution in [3.05, 3.63) is 23.8 Å². The molecule has 0 saturated carbocycles. The van der Waals surface area contributed by atoms with Gasteiger partial charge in [0.1, 0.15) is 29.9 Å². The molecule has 0 aliphatic heterocycles. The lowest BCUT2D eigenvalue weighted by molar-refractivity contribution is -0.143. The zero-order valence-electron chi connectivity index (χ0n) is 15.5. The van der Waals surface area contributed by atoms with Gasteiger partial charge in [-0.3, -0.25) is 15.5 Å². The Morgan fingerprint density at radius 1 is 1.31 bits per heavy atom. The van der Waals surface area contributed by atoms with Crippen molar-refractivity contribution in [2.45, 2.75) is 46.3 Å². The van der Waals surface area contributed by atoms with E-state index in [0.29, 0.717) is 5.75 Å². The molecule has 26 heavy (non-hydrogen) atoms. The Morgan fingerprint density at radius 2 is 1.96 bits per heavy atom. The third-order valence-corrected chi connectivity index (χ3v) is 2.83. The Morgan fingerprint density at radius 3 is 2.50 bits per heavy atom. The van der Waals surface area contributed by atoms with E-state index in [2.05, 4.69) is 5.32 Å². The van der Waals surface area contributed by atoms with Crippen LogP contribution in [0.4, 0.5) is 4.79 Å². The Bertz CT molecular complexity index is 669. The number of nitrogens with two attached hydrogens (primary N) is 1. The van der Waals surface area contributed by atoms with Crippen LogP contribution < -0.4 is 20.8 Å². The molecule has 1 unspecified atom stereocenters. The minimum Gasteiger partial charge on any atom is -0.487 e. The van der Waals surface area contributed by atoms with Gasteiger partial charge in [-0.05, 0) is 39.8 Å². The number of benzene rings is 1. The second-order valence-electron chi connectivity index (χ2n) is 6.51. The summed E-state index contributed by atoms with van der Waals surface area (Å²) in [5, 5.41) is 10.3. The van der Waals surface area contributed by atoms with E-state index >= 15 is 0 Å². The van der Waals surface area contributed by atoms with Crippen LogP contribution in [0.5, 0.6) is 11.5 Å². The second kappa shape index (κ2) is 9.04. The number of hydrogen-bond donors (Lipinski definition) is 3. The van der Waals surface area contributed by atoms with E-state index in [1.54, 1.807) is 33.8 Å². The maximum Gasteiger partial charge on any atom is 0.413 e. The van der Waals surface area contributed by atoms with Gasteiger partial charge in [0, 0.05) is 13.0 Å². The normalized spacial score (nSPS) is 11.9. The number of carbonyl (C=O) groups is 2. The van der Waals surface area contributed by atoms with Crippen molar-refractivity contribution in [3.8, 4) is 11.5 Å². The molecule has 0 radical (unpaired) electrons. The quantitative estimate of drug-likeness (QED) is 0.303. The minimum absolute atomic E-state index is 0.0892. The molecule has 0 spiro atoms. The zero-order valence-corrected chi connectivity index (χ0v) is 15.5. The Kier molecular flexibility index (Phi) is 7.39. The molecule has 1 aromatic carbocycles. The van der Waals surface area contributed by atoms with E-state index in [4.69, 9.17) is 30.4 Å². The van der Waals surface area contributed by atoms with Gasteiger partial charge in [0.15, 0.2) is 5.75 Å². The Hall–Kier alpha value is -2.81. The van der Waals surface area contributed by atoms with Gasteiger partial charge in [-0.2, -0.15) is 5.90 Å². The summed E-state index contributed by atoms with van der Waals surface area (Å²) < 4.78 is 15.6. The first kappa shape index (κ1) is 21.2. The third-order valence-electron chi connectivity index (χ3n) is 2.83. The average molecular weight is 367 g/mol. The van der Waals surface area contributed by atoms with Crippen LogP contribution in [-0.2, 0) is 14.3 Å². The van der Waals surface area contributed by atoms with E-state index < -0.39 is 23.8 Å². The smallest absolute Gasteiger partial charge is 0.413 e. The number of alkyl carbamates (subject to hydrolysis) is 1. The van der Waals surface area contributed by atoms with Crippen molar-refractivity contribution in [2.75, 3.05) is 6.61 Å². The number of hydrogen-bond acceptors (Lipinski definition) is 8. The highest BCUT2D eigenvalue weighted by Gasteiger charge is 2.19. The molecule has 9 heteroatoms. The number of rotatable bonds is 6. The summed E-state index contributed by atoms with van der Waals surface area (Å²) in [6.07, 6.45) is -1.16. The number of ether oxygens (including phenoxy) is 3. The molecule has 1 rings (SSSR count). The average Bonchev–Trinajstić information content (AvgIpc) is 2.50. The summed E-state index contributed by atoms with van der Waals surface area (Å²) in [6, 6.07) is 4.55. The van der Waals surface area contributed by atoms with E-state index in [9.17, 15) is 9.59 Å². The van der Waals surface area contributed by atoms with Crippen molar-refractivity contribution in [3.63, 3.8) is 0 Å². The van der Waals surface area contributed by atoms with Crippen molar-refractivity contribution in [2.24, 2.45) is 5.90 Å². The molecular formula is C17H25N3O6. The molecule has 0 saturated heterocycles. The summed E-state index contributed by atoms with van der Waals surface area (Å²) in [4.78, 5) is 27.4. The molecule has 1 atom stereocenters. The molecule has 0 aromatic heterocycles. The molecule has 0 aliphatic carbocycles. The van der Waals surface area contributed by atoms with E-state index in [1.807, 2.05) is 0 Å². The van der Waals surface area contributed by atoms with Gasteiger partial charge in [0.05, 0.1) is 5.56 Å². The summed E-state index contributed by atoms with van der Waals surface area (Å²) in [5.41, 5.74) is -0.439. The van der Waals surface area contributed by atoms with Crippen molar-refractivity contribution >= 4 is 17.9 Å². The summed E-state index contributed by atoms with van der Waals surface area (Å²) in [6.45, 7) is 8.28. The maximum atomic E-state index is 11.8. The lowest BCUT2D eigenvalue weighted by Gasteiger charge is -2.20. The monoisotopic (exact) mass is 367 g/mol. The fourth-order valence-corrected chi connectivity index (χ4v) is 1.85. The topological polar surface area (TPSA) is 133 Å². The predicted octanol–water partition coefficient (Wildman–Crippen LogP) is 2.12. The van der Waals surface area contributed by atoms with Crippen molar-refractivity contribution in [1.82, 2.24) is 5.32 Å². The molecule has 4 N–H and O–H groups in total. The van der Waals surface area contributed by atoms with Crippen LogP contribution in [0.15, 0.2) is 18.2 Å². The second-order valence-corrected chi connectivity index (χ2v) is 6.51. The standard InChI is InChI=1S/C17H25N3O6/c1-10(9-23-11(2)21)24-12-6-7-13(14(8-12)26-19)15(18)20-16(22)25-17(3,4)5/h6-8,10H,9,19H2,1-5H3,(H2,18,20,22). The van der Waals surface area contributed by atoms with Crippen LogP contribution in [0, 0.1) is 5.41 Å². The highest BCUT2D eigenvalue weighted by atomic mass is 16.6. The lowest BCUT2D eigenvalue weighted by atomic mass is 10.1. The van der Waals surface area contributed by atoms with Crippen LogP contribution in [-0.4, -0.2) is 36.2 Å². The molecule has 0 aliphatic rings. The first-order valence-electron chi connectivity index (χ1n) is 7.91. The van der Waals surface area contributed by atoms with Gasteiger partial charge in [-0.1, -0.05) is 0 Å². The zero-order chi connectivity index (χ0) is 19.9. The molecule has 9 nitrogen and oxygen atoms in total. The fourth-order valence-electron chi connectivity index (χ4n) is 1.85. The molecule has 144 valence electrons.